The van der Waals surface area contributed by atoms with Crippen molar-refractivity contribution in [2.45, 2.75) is 6.42 Å². The summed E-state index contributed by atoms with van der Waals surface area (Å²) in [5.74, 6) is 1.28. The van der Waals surface area contributed by atoms with E-state index in [2.05, 4.69) is 50.0 Å². The molecule has 0 saturated carbocycles. The average Bonchev–Trinajstić information content (AvgIpc) is 3.07. The summed E-state index contributed by atoms with van der Waals surface area (Å²) in [6.07, 6.45) is 4.69. The highest BCUT2D eigenvalue weighted by Crippen LogP contribution is 2.23. The Bertz CT molecular complexity index is 1030. The molecule has 0 aliphatic rings. The van der Waals surface area contributed by atoms with E-state index in [-0.39, 0.29) is 0 Å². The Morgan fingerprint density at radius 3 is 2.77 bits per heavy atom. The zero-order valence-electron chi connectivity index (χ0n) is 14.0. The molecule has 0 fully saturated rings. The number of halogens is 1. The lowest BCUT2D eigenvalue weighted by atomic mass is 10.1. The SMILES string of the molecule is Clc1ccccc1Nc1nccc(NCCc2c[nH]c3ccccc23)n1. The van der Waals surface area contributed by atoms with Crippen LogP contribution in [-0.2, 0) is 6.42 Å². The second kappa shape index (κ2) is 7.45. The molecule has 0 radical (unpaired) electrons. The summed E-state index contributed by atoms with van der Waals surface area (Å²) >= 11 is 6.17. The molecule has 0 spiro atoms. The van der Waals surface area contributed by atoms with E-state index in [1.54, 1.807) is 6.20 Å². The van der Waals surface area contributed by atoms with Gasteiger partial charge in [-0.15, -0.1) is 0 Å². The molecule has 6 heteroatoms. The van der Waals surface area contributed by atoms with Crippen LogP contribution in [0, 0.1) is 0 Å². The largest absolute Gasteiger partial charge is 0.370 e. The Labute approximate surface area is 156 Å². The number of H-pyrrole nitrogens is 1. The van der Waals surface area contributed by atoms with Gasteiger partial charge in [0.1, 0.15) is 5.82 Å². The van der Waals surface area contributed by atoms with Crippen LogP contribution >= 0.6 is 11.6 Å². The minimum Gasteiger partial charge on any atom is -0.370 e. The first-order valence-corrected chi connectivity index (χ1v) is 8.81. The fraction of sp³-hybridized carbons (Fsp3) is 0.100. The fourth-order valence-electron chi connectivity index (χ4n) is 2.86. The van der Waals surface area contributed by atoms with Gasteiger partial charge in [0, 0.05) is 29.8 Å². The molecule has 3 N–H and O–H groups in total. The van der Waals surface area contributed by atoms with Crippen LogP contribution in [0.3, 0.4) is 0 Å². The lowest BCUT2D eigenvalue weighted by Crippen LogP contribution is -2.07. The van der Waals surface area contributed by atoms with E-state index in [0.29, 0.717) is 11.0 Å². The lowest BCUT2D eigenvalue weighted by molar-refractivity contribution is 1.01. The van der Waals surface area contributed by atoms with Crippen molar-refractivity contribution in [2.75, 3.05) is 17.2 Å². The summed E-state index contributed by atoms with van der Waals surface area (Å²) in [6.45, 7) is 0.782. The molecule has 5 nitrogen and oxygen atoms in total. The first-order valence-electron chi connectivity index (χ1n) is 8.43. The maximum absolute atomic E-state index is 6.17. The minimum atomic E-state index is 0.509. The van der Waals surface area contributed by atoms with Crippen LogP contribution in [0.15, 0.2) is 67.0 Å². The number of hydrogen-bond acceptors (Lipinski definition) is 4. The monoisotopic (exact) mass is 363 g/mol. The first kappa shape index (κ1) is 16.4. The highest BCUT2D eigenvalue weighted by molar-refractivity contribution is 6.33. The predicted octanol–water partition coefficient (Wildman–Crippen LogP) is 5.01. The molecule has 0 unspecified atom stereocenters. The molecule has 4 rings (SSSR count). The Morgan fingerprint density at radius 1 is 1.00 bits per heavy atom. The molecule has 4 aromatic rings. The third kappa shape index (κ3) is 3.63. The number of rotatable bonds is 6. The number of benzene rings is 2. The maximum atomic E-state index is 6.17. The number of aromatic nitrogens is 3. The van der Waals surface area contributed by atoms with E-state index in [0.717, 1.165) is 30.0 Å². The number of anilines is 3. The number of nitrogens with zero attached hydrogens (tertiary/aromatic N) is 2. The molecule has 130 valence electrons. The van der Waals surface area contributed by atoms with Gasteiger partial charge in [0.05, 0.1) is 10.7 Å². The van der Waals surface area contributed by atoms with Crippen molar-refractivity contribution < 1.29 is 0 Å². The predicted molar refractivity (Wildman–Crippen MR) is 107 cm³/mol. The molecule has 0 saturated heterocycles. The molecule has 0 amide bonds. The fourth-order valence-corrected chi connectivity index (χ4v) is 3.05. The van der Waals surface area contributed by atoms with Crippen molar-refractivity contribution in [2.24, 2.45) is 0 Å². The molecular weight excluding hydrogens is 346 g/mol. The summed E-state index contributed by atoms with van der Waals surface area (Å²) in [7, 11) is 0. The van der Waals surface area contributed by atoms with Gasteiger partial charge in [-0.05, 0) is 36.2 Å². The average molecular weight is 364 g/mol. The van der Waals surface area contributed by atoms with Gasteiger partial charge >= 0.3 is 0 Å². The molecule has 0 aliphatic carbocycles. The third-order valence-corrected chi connectivity index (χ3v) is 4.48. The molecule has 0 atom stereocenters. The zero-order chi connectivity index (χ0) is 17.8. The molecule has 26 heavy (non-hydrogen) atoms. The van der Waals surface area contributed by atoms with Crippen molar-refractivity contribution >= 4 is 40.0 Å². The van der Waals surface area contributed by atoms with Crippen LogP contribution < -0.4 is 10.6 Å². The Morgan fingerprint density at radius 2 is 1.85 bits per heavy atom. The summed E-state index contributed by atoms with van der Waals surface area (Å²) in [5, 5.41) is 8.39. The standard InChI is InChI=1S/C20H18ClN5/c21-16-6-2-4-8-18(16)25-20-23-12-10-19(26-20)22-11-9-14-13-24-17-7-3-1-5-15(14)17/h1-8,10,12-13,24H,9,11H2,(H2,22,23,25,26). The van der Waals surface area contributed by atoms with Gasteiger partial charge in [-0.25, -0.2) is 4.98 Å². The van der Waals surface area contributed by atoms with Crippen LogP contribution in [0.4, 0.5) is 17.5 Å². The number of aromatic amines is 1. The molecule has 2 aromatic heterocycles. The van der Waals surface area contributed by atoms with Crippen LogP contribution in [-0.4, -0.2) is 21.5 Å². The molecule has 0 aliphatic heterocycles. The number of para-hydroxylation sites is 2. The summed E-state index contributed by atoms with van der Waals surface area (Å²) in [5.41, 5.74) is 3.23. The molecule has 2 aromatic carbocycles. The van der Waals surface area contributed by atoms with Crippen molar-refractivity contribution in [1.29, 1.82) is 0 Å². The maximum Gasteiger partial charge on any atom is 0.229 e. The smallest absolute Gasteiger partial charge is 0.229 e. The Balaban J connectivity index is 1.40. The van der Waals surface area contributed by atoms with Gasteiger partial charge in [0.15, 0.2) is 0 Å². The van der Waals surface area contributed by atoms with E-state index in [1.165, 1.54) is 10.9 Å². The van der Waals surface area contributed by atoms with E-state index in [4.69, 9.17) is 11.6 Å². The van der Waals surface area contributed by atoms with Crippen molar-refractivity contribution in [3.05, 3.63) is 77.6 Å². The third-order valence-electron chi connectivity index (χ3n) is 4.15. The van der Waals surface area contributed by atoms with Crippen LogP contribution in [0.5, 0.6) is 0 Å². The summed E-state index contributed by atoms with van der Waals surface area (Å²) < 4.78 is 0. The van der Waals surface area contributed by atoms with E-state index >= 15 is 0 Å². The van der Waals surface area contributed by atoms with Gasteiger partial charge in [-0.2, -0.15) is 4.98 Å². The second-order valence-corrected chi connectivity index (χ2v) is 6.31. The van der Waals surface area contributed by atoms with Crippen molar-refractivity contribution in [1.82, 2.24) is 15.0 Å². The topological polar surface area (TPSA) is 65.6 Å². The van der Waals surface area contributed by atoms with Crippen LogP contribution in [0.25, 0.3) is 10.9 Å². The Hall–Kier alpha value is -3.05. The summed E-state index contributed by atoms with van der Waals surface area (Å²) in [6, 6.07) is 17.7. The highest BCUT2D eigenvalue weighted by Gasteiger charge is 2.05. The van der Waals surface area contributed by atoms with Gasteiger partial charge in [-0.3, -0.25) is 0 Å². The van der Waals surface area contributed by atoms with E-state index < -0.39 is 0 Å². The van der Waals surface area contributed by atoms with Crippen molar-refractivity contribution in [3.63, 3.8) is 0 Å². The highest BCUT2D eigenvalue weighted by atomic mass is 35.5. The Kier molecular flexibility index (Phi) is 4.71. The van der Waals surface area contributed by atoms with Crippen LogP contribution in [0.1, 0.15) is 5.56 Å². The second-order valence-electron chi connectivity index (χ2n) is 5.91. The zero-order valence-corrected chi connectivity index (χ0v) is 14.8. The van der Waals surface area contributed by atoms with E-state index in [1.807, 2.05) is 36.4 Å². The first-order chi connectivity index (χ1) is 12.8. The minimum absolute atomic E-state index is 0.509. The van der Waals surface area contributed by atoms with Gasteiger partial charge in [0.2, 0.25) is 5.95 Å². The van der Waals surface area contributed by atoms with E-state index in [9.17, 15) is 0 Å². The van der Waals surface area contributed by atoms with Crippen molar-refractivity contribution in [3.8, 4) is 0 Å². The molecule has 0 bridgehead atoms. The van der Waals surface area contributed by atoms with Gasteiger partial charge in [-0.1, -0.05) is 41.9 Å². The lowest BCUT2D eigenvalue weighted by Gasteiger charge is -2.09. The molecule has 2 heterocycles. The normalized spacial score (nSPS) is 10.8. The quantitative estimate of drug-likeness (QED) is 0.450. The number of fused-ring (bicyclic) bond motifs is 1. The number of hydrogen-bond donors (Lipinski definition) is 3. The van der Waals surface area contributed by atoms with Gasteiger partial charge in [0.25, 0.3) is 0 Å². The number of nitrogens with one attached hydrogen (secondary N) is 3. The van der Waals surface area contributed by atoms with Crippen LogP contribution in [0.2, 0.25) is 5.02 Å². The molecular formula is C20H18ClN5. The summed E-state index contributed by atoms with van der Waals surface area (Å²) in [4.78, 5) is 12.0. The van der Waals surface area contributed by atoms with Gasteiger partial charge < -0.3 is 15.6 Å².